The summed E-state index contributed by atoms with van der Waals surface area (Å²) in [6.45, 7) is 3.39. The van der Waals surface area contributed by atoms with E-state index in [2.05, 4.69) is 33.2 Å². The highest BCUT2D eigenvalue weighted by molar-refractivity contribution is 5.93. The van der Waals surface area contributed by atoms with Gasteiger partial charge in [-0.15, -0.1) is 0 Å². The quantitative estimate of drug-likeness (QED) is 0.740. The van der Waals surface area contributed by atoms with Gasteiger partial charge in [0.15, 0.2) is 0 Å². The maximum atomic E-state index is 12.6. The molecule has 1 saturated heterocycles. The molecule has 5 nitrogen and oxygen atoms in total. The molecule has 1 fully saturated rings. The van der Waals surface area contributed by atoms with E-state index < -0.39 is 0 Å². The Labute approximate surface area is 146 Å². The van der Waals surface area contributed by atoms with Crippen LogP contribution in [0.3, 0.4) is 0 Å². The molecule has 1 aliphatic heterocycles. The van der Waals surface area contributed by atoms with Crippen molar-refractivity contribution in [2.24, 2.45) is 5.92 Å². The molecule has 1 amide bonds. The first kappa shape index (κ1) is 15.7. The molecule has 0 spiro atoms. The molecule has 4 rings (SSSR count). The highest BCUT2D eigenvalue weighted by Crippen LogP contribution is 2.25. The Morgan fingerprint density at radius 2 is 1.96 bits per heavy atom. The molecule has 5 heteroatoms. The van der Waals surface area contributed by atoms with Gasteiger partial charge in [-0.25, -0.2) is 9.97 Å². The lowest BCUT2D eigenvalue weighted by Gasteiger charge is -2.16. The normalized spacial score (nSPS) is 17.2. The molecule has 3 aromatic rings. The maximum Gasteiger partial charge on any atom is 0.256 e. The van der Waals surface area contributed by atoms with E-state index in [1.165, 1.54) is 10.9 Å². The van der Waals surface area contributed by atoms with Crippen LogP contribution in [0.4, 0.5) is 0 Å². The number of pyridine rings is 1. The minimum atomic E-state index is 0.0297. The van der Waals surface area contributed by atoms with E-state index in [-0.39, 0.29) is 5.91 Å². The van der Waals surface area contributed by atoms with Crippen LogP contribution in [0.5, 0.6) is 0 Å². The first-order chi connectivity index (χ1) is 12.2. The number of para-hydroxylation sites is 1. The second-order valence-electron chi connectivity index (χ2n) is 6.62. The maximum absolute atomic E-state index is 12.6. The zero-order valence-corrected chi connectivity index (χ0v) is 14.2. The van der Waals surface area contributed by atoms with E-state index in [1.807, 2.05) is 30.2 Å². The summed E-state index contributed by atoms with van der Waals surface area (Å²) in [5.41, 5.74) is 2.91. The molecule has 0 N–H and O–H groups in total. The number of benzene rings is 1. The van der Waals surface area contributed by atoms with Gasteiger partial charge in [-0.1, -0.05) is 18.2 Å². The Morgan fingerprint density at radius 3 is 2.80 bits per heavy atom. The summed E-state index contributed by atoms with van der Waals surface area (Å²) in [5.74, 6) is 1.18. The fourth-order valence-electron chi connectivity index (χ4n) is 3.51. The Kier molecular flexibility index (Phi) is 4.14. The van der Waals surface area contributed by atoms with Gasteiger partial charge in [0, 0.05) is 37.1 Å². The summed E-state index contributed by atoms with van der Waals surface area (Å²) in [6, 6.07) is 10.3. The number of likely N-dealkylation sites (tertiary alicyclic amines) is 1. The van der Waals surface area contributed by atoms with Gasteiger partial charge in [0.2, 0.25) is 0 Å². The summed E-state index contributed by atoms with van der Waals surface area (Å²) in [7, 11) is 0. The molecule has 126 valence electrons. The molecular formula is C20H20N4O. The SMILES string of the molecule is Cc1ncc(C(=O)N2CC[C@H](Cc3ccnc4ccccc34)C2)cn1. The lowest BCUT2D eigenvalue weighted by Crippen LogP contribution is -2.29. The molecule has 0 bridgehead atoms. The number of nitrogens with zero attached hydrogens (tertiary/aromatic N) is 4. The predicted molar refractivity (Wildman–Crippen MR) is 96.2 cm³/mol. The predicted octanol–water partition coefficient (Wildman–Crippen LogP) is 3.04. The van der Waals surface area contributed by atoms with Gasteiger partial charge in [0.1, 0.15) is 5.82 Å². The van der Waals surface area contributed by atoms with E-state index in [4.69, 9.17) is 0 Å². The number of hydrogen-bond acceptors (Lipinski definition) is 4. The van der Waals surface area contributed by atoms with Crippen LogP contribution < -0.4 is 0 Å². The Balaban J connectivity index is 1.47. The fraction of sp³-hybridized carbons (Fsp3) is 0.300. The second-order valence-corrected chi connectivity index (χ2v) is 6.62. The fourth-order valence-corrected chi connectivity index (χ4v) is 3.51. The molecule has 3 heterocycles. The molecule has 1 aromatic carbocycles. The smallest absolute Gasteiger partial charge is 0.256 e. The molecule has 2 aromatic heterocycles. The first-order valence-corrected chi connectivity index (χ1v) is 8.61. The number of aryl methyl sites for hydroxylation is 1. The molecule has 1 atom stereocenters. The summed E-state index contributed by atoms with van der Waals surface area (Å²) >= 11 is 0. The second kappa shape index (κ2) is 6.59. The largest absolute Gasteiger partial charge is 0.338 e. The summed E-state index contributed by atoms with van der Waals surface area (Å²) in [5, 5.41) is 1.21. The molecule has 25 heavy (non-hydrogen) atoms. The number of fused-ring (bicyclic) bond motifs is 1. The molecule has 0 saturated carbocycles. The van der Waals surface area contributed by atoms with Gasteiger partial charge < -0.3 is 4.90 Å². The van der Waals surface area contributed by atoms with Crippen LogP contribution in [0.25, 0.3) is 10.9 Å². The zero-order valence-electron chi connectivity index (χ0n) is 14.2. The number of carbonyl (C=O) groups is 1. The van der Waals surface area contributed by atoms with Gasteiger partial charge in [-0.2, -0.15) is 0 Å². The van der Waals surface area contributed by atoms with Gasteiger partial charge in [0.05, 0.1) is 11.1 Å². The third-order valence-electron chi connectivity index (χ3n) is 4.85. The average Bonchev–Trinajstić information content (AvgIpc) is 3.11. The van der Waals surface area contributed by atoms with Crippen LogP contribution in [0.1, 0.15) is 28.2 Å². The van der Waals surface area contributed by atoms with Crippen LogP contribution in [0.15, 0.2) is 48.9 Å². The zero-order chi connectivity index (χ0) is 17.2. The number of rotatable bonds is 3. The van der Waals surface area contributed by atoms with Crippen molar-refractivity contribution in [3.05, 3.63) is 65.9 Å². The average molecular weight is 332 g/mol. The summed E-state index contributed by atoms with van der Waals surface area (Å²) < 4.78 is 0. The van der Waals surface area contributed by atoms with E-state index in [9.17, 15) is 4.79 Å². The minimum absolute atomic E-state index is 0.0297. The lowest BCUT2D eigenvalue weighted by atomic mass is 9.96. The highest BCUT2D eigenvalue weighted by atomic mass is 16.2. The van der Waals surface area contributed by atoms with Gasteiger partial charge >= 0.3 is 0 Å². The topological polar surface area (TPSA) is 59.0 Å². The van der Waals surface area contributed by atoms with Gasteiger partial charge in [0.25, 0.3) is 5.91 Å². The Morgan fingerprint density at radius 1 is 1.16 bits per heavy atom. The first-order valence-electron chi connectivity index (χ1n) is 8.61. The third kappa shape index (κ3) is 3.22. The van der Waals surface area contributed by atoms with Crippen LogP contribution in [-0.2, 0) is 6.42 Å². The van der Waals surface area contributed by atoms with Crippen molar-refractivity contribution in [1.82, 2.24) is 19.9 Å². The van der Waals surface area contributed by atoms with Crippen molar-refractivity contribution < 1.29 is 4.79 Å². The number of amides is 1. The molecular weight excluding hydrogens is 312 g/mol. The number of aromatic nitrogens is 3. The molecule has 0 unspecified atom stereocenters. The van der Waals surface area contributed by atoms with Crippen molar-refractivity contribution in [2.45, 2.75) is 19.8 Å². The van der Waals surface area contributed by atoms with Crippen LogP contribution >= 0.6 is 0 Å². The summed E-state index contributed by atoms with van der Waals surface area (Å²) in [6.07, 6.45) is 7.11. The third-order valence-corrected chi connectivity index (χ3v) is 4.85. The minimum Gasteiger partial charge on any atom is -0.338 e. The Hall–Kier alpha value is -2.82. The molecule has 0 aliphatic carbocycles. The highest BCUT2D eigenvalue weighted by Gasteiger charge is 2.27. The monoisotopic (exact) mass is 332 g/mol. The van der Waals surface area contributed by atoms with Gasteiger partial charge in [-0.3, -0.25) is 9.78 Å². The van der Waals surface area contributed by atoms with E-state index in [0.29, 0.717) is 17.3 Å². The molecule has 0 radical (unpaired) electrons. The van der Waals surface area contributed by atoms with E-state index in [0.717, 1.165) is 31.4 Å². The van der Waals surface area contributed by atoms with Crippen molar-refractivity contribution in [3.8, 4) is 0 Å². The van der Waals surface area contributed by atoms with Crippen LogP contribution in [0, 0.1) is 12.8 Å². The van der Waals surface area contributed by atoms with Crippen molar-refractivity contribution in [3.63, 3.8) is 0 Å². The van der Waals surface area contributed by atoms with Crippen LogP contribution in [-0.4, -0.2) is 38.8 Å². The number of hydrogen-bond donors (Lipinski definition) is 0. The van der Waals surface area contributed by atoms with Gasteiger partial charge in [-0.05, 0) is 43.4 Å². The van der Waals surface area contributed by atoms with Crippen molar-refractivity contribution in [1.29, 1.82) is 0 Å². The van der Waals surface area contributed by atoms with Crippen LogP contribution in [0.2, 0.25) is 0 Å². The van der Waals surface area contributed by atoms with E-state index in [1.54, 1.807) is 12.4 Å². The summed E-state index contributed by atoms with van der Waals surface area (Å²) in [4.78, 5) is 27.2. The Bertz CT molecular complexity index is 902. The van der Waals surface area contributed by atoms with Crippen molar-refractivity contribution >= 4 is 16.8 Å². The van der Waals surface area contributed by atoms with Crippen molar-refractivity contribution in [2.75, 3.05) is 13.1 Å². The number of carbonyl (C=O) groups excluding carboxylic acids is 1. The molecule has 1 aliphatic rings. The van der Waals surface area contributed by atoms with E-state index >= 15 is 0 Å². The standard InChI is InChI=1S/C20H20N4O/c1-14-22-11-17(12-23-14)20(25)24-9-7-15(13-24)10-16-6-8-21-19-5-3-2-4-18(16)19/h2-6,8,11-12,15H,7,9-10,13H2,1H3/t15-/m1/s1. The lowest BCUT2D eigenvalue weighted by molar-refractivity contribution is 0.0786.